The molecular formula is C24H20N2O4S. The summed E-state index contributed by atoms with van der Waals surface area (Å²) in [6.45, 7) is 1.76. The quantitative estimate of drug-likeness (QED) is 0.366. The van der Waals surface area contributed by atoms with Crippen molar-refractivity contribution in [3.05, 3.63) is 89.1 Å². The summed E-state index contributed by atoms with van der Waals surface area (Å²) >= 11 is 5.35. The molecular weight excluding hydrogens is 412 g/mol. The molecule has 0 saturated carbocycles. The maximum Gasteiger partial charge on any atom is 0.343 e. The highest BCUT2D eigenvalue weighted by Crippen LogP contribution is 2.39. The third-order valence-corrected chi connectivity index (χ3v) is 5.33. The Morgan fingerprint density at radius 1 is 0.935 bits per heavy atom. The van der Waals surface area contributed by atoms with Crippen LogP contribution in [0.2, 0.25) is 0 Å². The zero-order valence-corrected chi connectivity index (χ0v) is 17.8. The molecule has 3 aromatic carbocycles. The fourth-order valence-corrected chi connectivity index (χ4v) is 3.96. The summed E-state index contributed by atoms with van der Waals surface area (Å²) in [5.41, 5.74) is 2.00. The van der Waals surface area contributed by atoms with Gasteiger partial charge in [-0.1, -0.05) is 48.5 Å². The number of nitrogens with one attached hydrogen (secondary N) is 2. The highest BCUT2D eigenvalue weighted by molar-refractivity contribution is 7.80. The van der Waals surface area contributed by atoms with E-state index in [4.69, 9.17) is 21.7 Å². The lowest BCUT2D eigenvalue weighted by molar-refractivity contribution is -0.136. The topological polar surface area (TPSA) is 76.7 Å². The molecule has 0 saturated heterocycles. The highest BCUT2D eigenvalue weighted by Gasteiger charge is 2.34. The Morgan fingerprint density at radius 2 is 1.65 bits per heavy atom. The first-order valence-corrected chi connectivity index (χ1v) is 10.1. The van der Waals surface area contributed by atoms with E-state index in [-0.39, 0.29) is 0 Å². The van der Waals surface area contributed by atoms with Gasteiger partial charge in [-0.3, -0.25) is 0 Å². The zero-order chi connectivity index (χ0) is 22.0. The predicted molar refractivity (Wildman–Crippen MR) is 122 cm³/mol. The zero-order valence-electron chi connectivity index (χ0n) is 17.0. The molecule has 1 aliphatic heterocycles. The van der Waals surface area contributed by atoms with Gasteiger partial charge in [0.15, 0.2) is 5.11 Å². The van der Waals surface area contributed by atoms with Crippen molar-refractivity contribution in [3.63, 3.8) is 0 Å². The van der Waals surface area contributed by atoms with Gasteiger partial charge in [0.2, 0.25) is 0 Å². The smallest absolute Gasteiger partial charge is 0.343 e. The summed E-state index contributed by atoms with van der Waals surface area (Å²) in [6, 6.07) is 19.4. The van der Waals surface area contributed by atoms with E-state index in [9.17, 15) is 9.59 Å². The van der Waals surface area contributed by atoms with Crippen LogP contribution in [0.1, 0.15) is 28.9 Å². The molecule has 0 fully saturated rings. The summed E-state index contributed by atoms with van der Waals surface area (Å²) in [6.07, 6.45) is 0. The van der Waals surface area contributed by atoms with Gasteiger partial charge in [-0.05, 0) is 48.1 Å². The van der Waals surface area contributed by atoms with Crippen LogP contribution in [0.5, 0.6) is 5.75 Å². The molecule has 7 heteroatoms. The van der Waals surface area contributed by atoms with Crippen molar-refractivity contribution >= 4 is 40.0 Å². The number of benzene rings is 3. The van der Waals surface area contributed by atoms with Gasteiger partial charge >= 0.3 is 11.9 Å². The molecule has 1 atom stereocenters. The first-order chi connectivity index (χ1) is 15.0. The molecule has 0 aromatic heterocycles. The number of fused-ring (bicyclic) bond motifs is 1. The minimum atomic E-state index is -0.661. The molecule has 1 aliphatic rings. The Morgan fingerprint density at radius 3 is 2.39 bits per heavy atom. The van der Waals surface area contributed by atoms with E-state index in [0.717, 1.165) is 10.8 Å². The van der Waals surface area contributed by atoms with E-state index in [1.165, 1.54) is 7.11 Å². The van der Waals surface area contributed by atoms with Gasteiger partial charge in [0.05, 0.1) is 24.3 Å². The van der Waals surface area contributed by atoms with Crippen LogP contribution in [0.25, 0.3) is 10.8 Å². The Hall–Kier alpha value is -3.71. The van der Waals surface area contributed by atoms with Gasteiger partial charge < -0.3 is 20.1 Å². The Labute approximate surface area is 184 Å². The van der Waals surface area contributed by atoms with Crippen LogP contribution in [0.3, 0.4) is 0 Å². The SMILES string of the molecule is COC(=O)C1=C(C)NC(=S)N[C@@H]1c1c(OC(=O)c2ccccc2)ccc2ccccc12. The third-order valence-electron chi connectivity index (χ3n) is 5.11. The van der Waals surface area contributed by atoms with Gasteiger partial charge in [-0.15, -0.1) is 0 Å². The van der Waals surface area contributed by atoms with Gasteiger partial charge in [0.25, 0.3) is 0 Å². The van der Waals surface area contributed by atoms with Crippen molar-refractivity contribution in [2.45, 2.75) is 13.0 Å². The van der Waals surface area contributed by atoms with E-state index >= 15 is 0 Å². The Bertz CT molecular complexity index is 1220. The minimum absolute atomic E-state index is 0.337. The predicted octanol–water partition coefficient (Wildman–Crippen LogP) is 4.02. The number of rotatable bonds is 4. The van der Waals surface area contributed by atoms with E-state index in [0.29, 0.717) is 33.3 Å². The van der Waals surface area contributed by atoms with Crippen molar-refractivity contribution in [3.8, 4) is 5.75 Å². The van der Waals surface area contributed by atoms with Crippen molar-refractivity contribution in [1.29, 1.82) is 0 Å². The number of allylic oxidation sites excluding steroid dienone is 1. The second kappa shape index (κ2) is 8.57. The number of thiocarbonyl (C=S) groups is 1. The van der Waals surface area contributed by atoms with Crippen LogP contribution in [0.15, 0.2) is 78.0 Å². The lowest BCUT2D eigenvalue weighted by Crippen LogP contribution is -2.45. The average molecular weight is 433 g/mol. The molecule has 0 bridgehead atoms. The Balaban J connectivity index is 1.90. The van der Waals surface area contributed by atoms with Crippen molar-refractivity contribution < 1.29 is 19.1 Å². The Kier molecular flexibility index (Phi) is 5.68. The van der Waals surface area contributed by atoms with Crippen LogP contribution >= 0.6 is 12.2 Å². The summed E-state index contributed by atoms with van der Waals surface area (Å²) in [7, 11) is 1.33. The lowest BCUT2D eigenvalue weighted by atomic mass is 9.90. The molecule has 0 spiro atoms. The molecule has 1 heterocycles. The number of methoxy groups -OCH3 is 1. The summed E-state index contributed by atoms with van der Waals surface area (Å²) in [5.74, 6) is -0.656. The number of carbonyl (C=O) groups excluding carboxylic acids is 2. The van der Waals surface area contributed by atoms with Gasteiger partial charge in [0.1, 0.15) is 5.75 Å². The monoisotopic (exact) mass is 432 g/mol. The lowest BCUT2D eigenvalue weighted by Gasteiger charge is -2.31. The molecule has 2 N–H and O–H groups in total. The van der Waals surface area contributed by atoms with Crippen LogP contribution in [-0.4, -0.2) is 24.2 Å². The van der Waals surface area contributed by atoms with Crippen LogP contribution < -0.4 is 15.4 Å². The molecule has 4 rings (SSSR count). The van der Waals surface area contributed by atoms with E-state index in [1.54, 1.807) is 37.3 Å². The largest absolute Gasteiger partial charge is 0.466 e. The third kappa shape index (κ3) is 4.00. The average Bonchev–Trinajstić information content (AvgIpc) is 2.78. The normalized spacial score (nSPS) is 15.8. The number of hydrogen-bond acceptors (Lipinski definition) is 5. The molecule has 0 aliphatic carbocycles. The molecule has 6 nitrogen and oxygen atoms in total. The van der Waals surface area contributed by atoms with Gasteiger partial charge in [-0.2, -0.15) is 0 Å². The van der Waals surface area contributed by atoms with Crippen LogP contribution in [0, 0.1) is 0 Å². The van der Waals surface area contributed by atoms with Crippen LogP contribution in [0.4, 0.5) is 0 Å². The number of esters is 2. The molecule has 0 radical (unpaired) electrons. The molecule has 0 unspecified atom stereocenters. The minimum Gasteiger partial charge on any atom is -0.466 e. The van der Waals surface area contributed by atoms with E-state index < -0.39 is 18.0 Å². The second-order valence-electron chi connectivity index (χ2n) is 7.02. The van der Waals surface area contributed by atoms with Crippen molar-refractivity contribution in [2.24, 2.45) is 0 Å². The van der Waals surface area contributed by atoms with E-state index in [2.05, 4.69) is 10.6 Å². The van der Waals surface area contributed by atoms with Crippen molar-refractivity contribution in [1.82, 2.24) is 10.6 Å². The maximum atomic E-state index is 12.8. The number of carbonyl (C=O) groups is 2. The summed E-state index contributed by atoms with van der Waals surface area (Å²) in [5, 5.41) is 8.24. The molecule has 3 aromatic rings. The maximum absolute atomic E-state index is 12.8. The fraction of sp³-hybridized carbons (Fsp3) is 0.125. The van der Waals surface area contributed by atoms with E-state index in [1.807, 2.05) is 36.4 Å². The van der Waals surface area contributed by atoms with Gasteiger partial charge in [-0.25, -0.2) is 9.59 Å². The molecule has 31 heavy (non-hydrogen) atoms. The first-order valence-electron chi connectivity index (χ1n) is 9.65. The number of hydrogen-bond donors (Lipinski definition) is 2. The second-order valence-corrected chi connectivity index (χ2v) is 7.42. The summed E-state index contributed by atoms with van der Waals surface area (Å²) in [4.78, 5) is 25.4. The van der Waals surface area contributed by atoms with Gasteiger partial charge in [0, 0.05) is 11.3 Å². The summed E-state index contributed by atoms with van der Waals surface area (Å²) < 4.78 is 10.8. The first kappa shape index (κ1) is 20.6. The molecule has 156 valence electrons. The van der Waals surface area contributed by atoms with Crippen LogP contribution in [-0.2, 0) is 9.53 Å². The molecule has 0 amide bonds. The standard InChI is InChI=1S/C24H20N2O4S/c1-14-19(23(28)29-2)21(26-24(31)25-14)20-17-11-7-6-8-15(17)12-13-18(20)30-22(27)16-9-4-3-5-10-16/h3-13,21H,1-2H3,(H2,25,26,31)/t21-/m0/s1. The number of ether oxygens (including phenoxy) is 2. The fourth-order valence-electron chi connectivity index (χ4n) is 3.69. The van der Waals surface area contributed by atoms with Crippen molar-refractivity contribution in [2.75, 3.05) is 7.11 Å². The highest BCUT2D eigenvalue weighted by atomic mass is 32.1.